The Morgan fingerprint density at radius 3 is 2.50 bits per heavy atom. The molecule has 1 fully saturated rings. The number of aliphatic imine (C=N–C) groups is 1. The summed E-state index contributed by atoms with van der Waals surface area (Å²) in [6, 6.07) is 9.52. The molecule has 1 aliphatic rings. The summed E-state index contributed by atoms with van der Waals surface area (Å²) >= 11 is 0. The van der Waals surface area contributed by atoms with Gasteiger partial charge < -0.3 is 10.2 Å². The average molecular weight is 494 g/mol. The molecule has 148 valence electrons. The maximum absolute atomic E-state index is 12.1. The number of likely N-dealkylation sites (tertiary alicyclic amines) is 1. The van der Waals surface area contributed by atoms with Gasteiger partial charge in [-0.2, -0.15) is 0 Å². The lowest BCUT2D eigenvalue weighted by Crippen LogP contribution is -2.45. The zero-order chi connectivity index (χ0) is 18.1. The Bertz CT molecular complexity index is 644. The standard InChI is InChI=1S/C18H30N4O2S.HI/c1-3-19-18(22-12-9-16(2)10-13-22)20-11-14-25(23,24)21-15-17-7-5-4-6-8-17;/h4-8,16,21H,3,9-15H2,1-2H3,(H,19,20);1H. The number of nitrogens with one attached hydrogen (secondary N) is 2. The predicted molar refractivity (Wildman–Crippen MR) is 118 cm³/mol. The van der Waals surface area contributed by atoms with Gasteiger partial charge in [-0.15, -0.1) is 24.0 Å². The normalized spacial score (nSPS) is 16.2. The number of benzene rings is 1. The first-order valence-electron chi connectivity index (χ1n) is 9.04. The molecule has 1 aromatic carbocycles. The third-order valence-electron chi connectivity index (χ3n) is 4.38. The van der Waals surface area contributed by atoms with Crippen LogP contribution in [0.4, 0.5) is 0 Å². The van der Waals surface area contributed by atoms with E-state index >= 15 is 0 Å². The Hall–Kier alpha value is -0.870. The molecule has 6 nitrogen and oxygen atoms in total. The number of nitrogens with zero attached hydrogens (tertiary/aromatic N) is 2. The van der Waals surface area contributed by atoms with Gasteiger partial charge in [0, 0.05) is 26.2 Å². The van der Waals surface area contributed by atoms with Crippen LogP contribution in [0, 0.1) is 5.92 Å². The van der Waals surface area contributed by atoms with Crippen LogP contribution in [0.2, 0.25) is 0 Å². The van der Waals surface area contributed by atoms with Gasteiger partial charge in [-0.1, -0.05) is 37.3 Å². The lowest BCUT2D eigenvalue weighted by Gasteiger charge is -2.33. The summed E-state index contributed by atoms with van der Waals surface area (Å²) in [5.74, 6) is 1.58. The van der Waals surface area contributed by atoms with E-state index < -0.39 is 10.0 Å². The highest BCUT2D eigenvalue weighted by Gasteiger charge is 2.18. The van der Waals surface area contributed by atoms with Gasteiger partial charge in [0.15, 0.2) is 5.96 Å². The molecule has 1 aromatic rings. The third kappa shape index (κ3) is 8.22. The Morgan fingerprint density at radius 1 is 1.23 bits per heavy atom. The smallest absolute Gasteiger partial charge is 0.213 e. The zero-order valence-corrected chi connectivity index (χ0v) is 18.8. The van der Waals surface area contributed by atoms with Gasteiger partial charge in [0.2, 0.25) is 10.0 Å². The third-order valence-corrected chi connectivity index (χ3v) is 5.68. The summed E-state index contributed by atoms with van der Waals surface area (Å²) in [7, 11) is -3.33. The minimum absolute atomic E-state index is 0. The van der Waals surface area contributed by atoms with Crippen molar-refractivity contribution in [1.29, 1.82) is 0 Å². The molecule has 26 heavy (non-hydrogen) atoms. The minimum Gasteiger partial charge on any atom is -0.357 e. The van der Waals surface area contributed by atoms with Crippen LogP contribution < -0.4 is 10.0 Å². The lowest BCUT2D eigenvalue weighted by molar-refractivity contribution is 0.273. The van der Waals surface area contributed by atoms with Crippen LogP contribution >= 0.6 is 24.0 Å². The van der Waals surface area contributed by atoms with E-state index in [1.807, 2.05) is 37.3 Å². The first-order chi connectivity index (χ1) is 12.0. The number of rotatable bonds is 7. The Balaban J connectivity index is 0.00000338. The molecule has 8 heteroatoms. The van der Waals surface area contributed by atoms with Crippen LogP contribution in [0.1, 0.15) is 32.3 Å². The Kier molecular flexibility index (Phi) is 10.5. The topological polar surface area (TPSA) is 73.8 Å². The van der Waals surface area contributed by atoms with Crippen LogP contribution in [0.25, 0.3) is 0 Å². The largest absolute Gasteiger partial charge is 0.357 e. The second-order valence-corrected chi connectivity index (χ2v) is 8.46. The molecule has 1 heterocycles. The molecular formula is C18H31IN4O2S. The van der Waals surface area contributed by atoms with E-state index in [1.165, 1.54) is 0 Å². The van der Waals surface area contributed by atoms with Crippen molar-refractivity contribution in [1.82, 2.24) is 14.9 Å². The van der Waals surface area contributed by atoms with E-state index in [2.05, 4.69) is 26.9 Å². The van der Waals surface area contributed by atoms with Crippen LogP contribution in [0.15, 0.2) is 35.3 Å². The fourth-order valence-corrected chi connectivity index (χ4v) is 3.64. The summed E-state index contributed by atoms with van der Waals surface area (Å²) < 4.78 is 26.9. The highest BCUT2D eigenvalue weighted by Crippen LogP contribution is 2.15. The van der Waals surface area contributed by atoms with Gasteiger partial charge in [-0.25, -0.2) is 13.1 Å². The molecule has 2 N–H and O–H groups in total. The summed E-state index contributed by atoms with van der Waals surface area (Å²) in [4.78, 5) is 6.74. The molecule has 0 bridgehead atoms. The maximum Gasteiger partial charge on any atom is 0.213 e. The van der Waals surface area contributed by atoms with Crippen molar-refractivity contribution in [2.45, 2.75) is 33.2 Å². The van der Waals surface area contributed by atoms with Gasteiger partial charge in [0.25, 0.3) is 0 Å². The van der Waals surface area contributed by atoms with Crippen molar-refractivity contribution >= 4 is 40.0 Å². The molecule has 0 unspecified atom stereocenters. The van der Waals surface area contributed by atoms with Crippen LogP contribution in [-0.4, -0.2) is 51.2 Å². The van der Waals surface area contributed by atoms with Crippen molar-refractivity contribution in [2.24, 2.45) is 10.9 Å². The van der Waals surface area contributed by atoms with Crippen molar-refractivity contribution < 1.29 is 8.42 Å². The first kappa shape index (κ1) is 23.2. The summed E-state index contributed by atoms with van der Waals surface area (Å²) in [6.45, 7) is 7.62. The van der Waals surface area contributed by atoms with E-state index in [0.717, 1.165) is 49.9 Å². The van der Waals surface area contributed by atoms with Gasteiger partial charge >= 0.3 is 0 Å². The number of hydrogen-bond donors (Lipinski definition) is 2. The lowest BCUT2D eigenvalue weighted by atomic mass is 10.00. The van der Waals surface area contributed by atoms with Gasteiger partial charge in [-0.3, -0.25) is 4.99 Å². The molecule has 0 saturated carbocycles. The van der Waals surface area contributed by atoms with Crippen LogP contribution in [0.3, 0.4) is 0 Å². The number of sulfonamides is 1. The molecule has 1 saturated heterocycles. The fourth-order valence-electron chi connectivity index (χ4n) is 2.78. The molecule has 0 radical (unpaired) electrons. The van der Waals surface area contributed by atoms with E-state index in [-0.39, 0.29) is 36.3 Å². The molecular weight excluding hydrogens is 463 g/mol. The van der Waals surface area contributed by atoms with Crippen molar-refractivity contribution in [3.05, 3.63) is 35.9 Å². The van der Waals surface area contributed by atoms with Gasteiger partial charge in [0.05, 0.1) is 12.3 Å². The molecule has 0 amide bonds. The SMILES string of the molecule is CCNC(=NCCS(=O)(=O)NCc1ccccc1)N1CCC(C)CC1.I. The average Bonchev–Trinajstić information content (AvgIpc) is 2.61. The van der Waals surface area contributed by atoms with Crippen LogP contribution in [0.5, 0.6) is 0 Å². The Morgan fingerprint density at radius 2 is 1.88 bits per heavy atom. The number of guanidine groups is 1. The van der Waals surface area contributed by atoms with Crippen molar-refractivity contribution in [3.63, 3.8) is 0 Å². The van der Waals surface area contributed by atoms with Crippen LogP contribution in [-0.2, 0) is 16.6 Å². The summed E-state index contributed by atoms with van der Waals surface area (Å²) in [6.07, 6.45) is 2.31. The summed E-state index contributed by atoms with van der Waals surface area (Å²) in [5.41, 5.74) is 0.949. The van der Waals surface area contributed by atoms with Crippen molar-refractivity contribution in [3.8, 4) is 0 Å². The fraction of sp³-hybridized carbons (Fsp3) is 0.611. The van der Waals surface area contributed by atoms with E-state index in [0.29, 0.717) is 6.54 Å². The van der Waals surface area contributed by atoms with E-state index in [4.69, 9.17) is 0 Å². The monoisotopic (exact) mass is 494 g/mol. The minimum atomic E-state index is -3.33. The van der Waals surface area contributed by atoms with E-state index in [1.54, 1.807) is 0 Å². The quantitative estimate of drug-likeness (QED) is 0.347. The molecule has 1 aliphatic heterocycles. The highest BCUT2D eigenvalue weighted by molar-refractivity contribution is 14.0. The number of hydrogen-bond acceptors (Lipinski definition) is 3. The summed E-state index contributed by atoms with van der Waals surface area (Å²) in [5, 5.41) is 3.27. The molecule has 0 aromatic heterocycles. The first-order valence-corrected chi connectivity index (χ1v) is 10.7. The number of halogens is 1. The Labute approximate surface area is 174 Å². The van der Waals surface area contributed by atoms with E-state index in [9.17, 15) is 8.42 Å². The van der Waals surface area contributed by atoms with Gasteiger partial charge in [0.1, 0.15) is 0 Å². The molecule has 0 aliphatic carbocycles. The maximum atomic E-state index is 12.1. The second-order valence-electron chi connectivity index (χ2n) is 6.53. The zero-order valence-electron chi connectivity index (χ0n) is 15.6. The molecule has 0 atom stereocenters. The highest BCUT2D eigenvalue weighted by atomic mass is 127. The second kappa shape index (κ2) is 11.8. The van der Waals surface area contributed by atoms with Gasteiger partial charge in [-0.05, 0) is 31.2 Å². The predicted octanol–water partition coefficient (Wildman–Crippen LogP) is 2.42. The number of piperidine rings is 1. The molecule has 0 spiro atoms. The molecule has 2 rings (SSSR count). The van der Waals surface area contributed by atoms with Crippen molar-refractivity contribution in [2.75, 3.05) is 31.9 Å².